The van der Waals surface area contributed by atoms with Crippen LogP contribution in [0, 0.1) is 5.41 Å². The zero-order valence-electron chi connectivity index (χ0n) is 9.32. The van der Waals surface area contributed by atoms with Crippen LogP contribution in [0.15, 0.2) is 6.20 Å². The van der Waals surface area contributed by atoms with Gasteiger partial charge >= 0.3 is 5.97 Å². The van der Waals surface area contributed by atoms with Gasteiger partial charge in [-0.1, -0.05) is 20.8 Å². The molecule has 15 heavy (non-hydrogen) atoms. The number of hydrogen-bond donors (Lipinski definition) is 2. The normalized spacial score (nSPS) is 11.7. The van der Waals surface area contributed by atoms with Gasteiger partial charge in [0, 0.05) is 12.7 Å². The predicted molar refractivity (Wildman–Crippen MR) is 57.7 cm³/mol. The summed E-state index contributed by atoms with van der Waals surface area (Å²) in [7, 11) is 0. The number of carboxylic acids is 1. The second-order valence-corrected chi connectivity index (χ2v) is 4.45. The zero-order valence-corrected chi connectivity index (χ0v) is 9.32. The minimum Gasteiger partial charge on any atom is -0.476 e. The highest BCUT2D eigenvalue weighted by molar-refractivity contribution is 5.91. The molecule has 0 saturated heterocycles. The van der Waals surface area contributed by atoms with Crippen molar-refractivity contribution in [2.75, 3.05) is 5.73 Å². The van der Waals surface area contributed by atoms with Crippen molar-refractivity contribution >= 4 is 11.7 Å². The van der Waals surface area contributed by atoms with Crippen LogP contribution in [-0.2, 0) is 6.54 Å². The molecule has 0 saturated carbocycles. The van der Waals surface area contributed by atoms with Gasteiger partial charge in [-0.2, -0.15) is 5.10 Å². The Labute approximate surface area is 88.9 Å². The number of nitrogens with two attached hydrogens (primary N) is 1. The number of aromatic carboxylic acids is 1. The summed E-state index contributed by atoms with van der Waals surface area (Å²) in [5.74, 6) is -1.08. The van der Waals surface area contributed by atoms with E-state index in [0.29, 0.717) is 6.54 Å². The average molecular weight is 211 g/mol. The van der Waals surface area contributed by atoms with Crippen LogP contribution in [0.4, 0.5) is 5.69 Å². The van der Waals surface area contributed by atoms with Crippen LogP contribution >= 0.6 is 0 Å². The Balaban J connectivity index is 2.89. The summed E-state index contributed by atoms with van der Waals surface area (Å²) in [6, 6.07) is 0. The molecule has 0 bridgehead atoms. The zero-order chi connectivity index (χ0) is 11.6. The lowest BCUT2D eigenvalue weighted by Gasteiger charge is -2.21. The molecule has 0 aromatic carbocycles. The van der Waals surface area contributed by atoms with Gasteiger partial charge in [-0.05, 0) is 11.8 Å². The summed E-state index contributed by atoms with van der Waals surface area (Å²) >= 11 is 0. The van der Waals surface area contributed by atoms with Crippen molar-refractivity contribution in [1.29, 1.82) is 0 Å². The van der Waals surface area contributed by atoms with Gasteiger partial charge in [0.15, 0.2) is 5.69 Å². The molecule has 0 aliphatic heterocycles. The van der Waals surface area contributed by atoms with Gasteiger partial charge in [-0.3, -0.25) is 4.68 Å². The fourth-order valence-corrected chi connectivity index (χ4v) is 1.23. The third-order valence-electron chi connectivity index (χ3n) is 2.54. The van der Waals surface area contributed by atoms with E-state index in [9.17, 15) is 4.79 Å². The van der Waals surface area contributed by atoms with Crippen molar-refractivity contribution in [2.24, 2.45) is 5.41 Å². The van der Waals surface area contributed by atoms with Gasteiger partial charge in [0.25, 0.3) is 0 Å². The Hall–Kier alpha value is -1.52. The van der Waals surface area contributed by atoms with E-state index in [-0.39, 0.29) is 16.8 Å². The lowest BCUT2D eigenvalue weighted by Crippen LogP contribution is -2.19. The Morgan fingerprint density at radius 3 is 2.67 bits per heavy atom. The van der Waals surface area contributed by atoms with E-state index in [1.807, 2.05) is 0 Å². The maximum Gasteiger partial charge on any atom is 0.358 e. The van der Waals surface area contributed by atoms with Crippen molar-refractivity contribution in [2.45, 2.75) is 33.7 Å². The molecule has 0 aliphatic carbocycles. The summed E-state index contributed by atoms with van der Waals surface area (Å²) in [6.07, 6.45) is 2.57. The smallest absolute Gasteiger partial charge is 0.358 e. The second-order valence-electron chi connectivity index (χ2n) is 4.45. The molecular weight excluding hydrogens is 194 g/mol. The number of anilines is 1. The number of hydrogen-bond acceptors (Lipinski definition) is 3. The van der Waals surface area contributed by atoms with Crippen molar-refractivity contribution < 1.29 is 9.90 Å². The molecule has 5 nitrogen and oxygen atoms in total. The van der Waals surface area contributed by atoms with E-state index >= 15 is 0 Å². The Morgan fingerprint density at radius 2 is 2.27 bits per heavy atom. The Bertz CT molecular complexity index is 369. The molecule has 0 spiro atoms. The molecule has 0 fully saturated rings. The molecule has 1 aromatic rings. The quantitative estimate of drug-likeness (QED) is 0.792. The van der Waals surface area contributed by atoms with Crippen molar-refractivity contribution in [3.8, 4) is 0 Å². The summed E-state index contributed by atoms with van der Waals surface area (Å²) in [4.78, 5) is 10.7. The second kappa shape index (κ2) is 3.92. The van der Waals surface area contributed by atoms with E-state index in [2.05, 4.69) is 25.9 Å². The predicted octanol–water partition coefficient (Wildman–Crippen LogP) is 1.60. The molecule has 84 valence electrons. The van der Waals surface area contributed by atoms with Gasteiger partial charge in [0.2, 0.25) is 0 Å². The molecule has 0 aliphatic rings. The number of aromatic nitrogens is 2. The molecule has 1 heterocycles. The highest BCUT2D eigenvalue weighted by atomic mass is 16.4. The minimum absolute atomic E-state index is 0.0677. The SMILES string of the molecule is CCC(C)(C)Cn1cc(N)c(C(=O)O)n1. The van der Waals surface area contributed by atoms with E-state index in [4.69, 9.17) is 10.8 Å². The number of carboxylic acid groups (broad SMARTS) is 1. The maximum absolute atomic E-state index is 10.7. The van der Waals surface area contributed by atoms with Gasteiger partial charge in [0.1, 0.15) is 0 Å². The van der Waals surface area contributed by atoms with Gasteiger partial charge in [-0.25, -0.2) is 4.79 Å². The van der Waals surface area contributed by atoms with Crippen LogP contribution in [0.2, 0.25) is 0 Å². The first-order valence-electron chi connectivity index (χ1n) is 4.92. The molecule has 3 N–H and O–H groups in total. The van der Waals surface area contributed by atoms with Crippen LogP contribution in [0.25, 0.3) is 0 Å². The standard InChI is InChI=1S/C10H17N3O2/c1-4-10(2,3)6-13-5-7(11)8(12-13)9(14)15/h5H,4,6,11H2,1-3H3,(H,14,15). The maximum atomic E-state index is 10.7. The summed E-state index contributed by atoms with van der Waals surface area (Å²) in [5.41, 5.74) is 5.78. The van der Waals surface area contributed by atoms with E-state index in [0.717, 1.165) is 6.42 Å². The van der Waals surface area contributed by atoms with E-state index in [1.165, 1.54) is 0 Å². The third-order valence-corrected chi connectivity index (χ3v) is 2.54. The number of nitrogen functional groups attached to an aromatic ring is 1. The fraction of sp³-hybridized carbons (Fsp3) is 0.600. The van der Waals surface area contributed by atoms with Crippen LogP contribution in [0.3, 0.4) is 0 Å². The Morgan fingerprint density at radius 1 is 1.67 bits per heavy atom. The largest absolute Gasteiger partial charge is 0.476 e. The fourth-order valence-electron chi connectivity index (χ4n) is 1.23. The van der Waals surface area contributed by atoms with Crippen LogP contribution < -0.4 is 5.73 Å². The molecule has 0 atom stereocenters. The summed E-state index contributed by atoms with van der Waals surface area (Å²) in [6.45, 7) is 6.96. The average Bonchev–Trinajstić information content (AvgIpc) is 2.46. The van der Waals surface area contributed by atoms with Crippen molar-refractivity contribution in [3.05, 3.63) is 11.9 Å². The first kappa shape index (κ1) is 11.6. The molecule has 0 amide bonds. The minimum atomic E-state index is -1.08. The van der Waals surface area contributed by atoms with Crippen molar-refractivity contribution in [1.82, 2.24) is 9.78 Å². The molecule has 1 aromatic heterocycles. The Kier molecular flexibility index (Phi) is 3.02. The van der Waals surface area contributed by atoms with E-state index < -0.39 is 5.97 Å². The number of nitrogens with zero attached hydrogens (tertiary/aromatic N) is 2. The highest BCUT2D eigenvalue weighted by Gasteiger charge is 2.19. The summed E-state index contributed by atoms with van der Waals surface area (Å²) in [5, 5.41) is 12.7. The summed E-state index contributed by atoms with van der Waals surface area (Å²) < 4.78 is 1.60. The first-order chi connectivity index (χ1) is 6.85. The number of rotatable bonds is 4. The van der Waals surface area contributed by atoms with Gasteiger partial charge in [0.05, 0.1) is 5.69 Å². The van der Waals surface area contributed by atoms with Crippen molar-refractivity contribution in [3.63, 3.8) is 0 Å². The molecular formula is C10H17N3O2. The van der Waals surface area contributed by atoms with Crippen LogP contribution in [0.1, 0.15) is 37.7 Å². The van der Waals surface area contributed by atoms with Crippen LogP contribution in [-0.4, -0.2) is 20.9 Å². The molecule has 0 radical (unpaired) electrons. The van der Waals surface area contributed by atoms with E-state index in [1.54, 1.807) is 10.9 Å². The van der Waals surface area contributed by atoms with Crippen LogP contribution in [0.5, 0.6) is 0 Å². The molecule has 0 unspecified atom stereocenters. The monoisotopic (exact) mass is 211 g/mol. The first-order valence-corrected chi connectivity index (χ1v) is 4.92. The third kappa shape index (κ3) is 2.71. The lowest BCUT2D eigenvalue weighted by molar-refractivity contribution is 0.0690. The highest BCUT2D eigenvalue weighted by Crippen LogP contribution is 2.22. The number of carbonyl (C=O) groups is 1. The molecule has 1 rings (SSSR count). The van der Waals surface area contributed by atoms with Gasteiger partial charge in [-0.15, -0.1) is 0 Å². The molecule has 5 heteroatoms. The topological polar surface area (TPSA) is 81.1 Å². The van der Waals surface area contributed by atoms with Gasteiger partial charge < -0.3 is 10.8 Å². The lowest BCUT2D eigenvalue weighted by atomic mass is 9.90.